The molecular weight excluding hydrogens is 470 g/mol. The number of fused-ring (bicyclic) bond motifs is 2. The standard InChI is InChI=1S/C26H24F2N4O4/c1-4-15-18(27)8-7-13-10-14(33)11-16(20(13)15)22-21(28)23-17(12-29-22)24(31-26(30-23)36-3)32-9-5-6-19(32)25(34)35-2/h7-8,10-12,19,33H,4-6,9H2,1-3H3/t19-/m0/s1. The fourth-order valence-corrected chi connectivity index (χ4v) is 4.95. The van der Waals surface area contributed by atoms with Gasteiger partial charge in [0.1, 0.15) is 34.6 Å². The van der Waals surface area contributed by atoms with Gasteiger partial charge in [-0.05, 0) is 53.8 Å². The van der Waals surface area contributed by atoms with Crippen LogP contribution >= 0.6 is 0 Å². The van der Waals surface area contributed by atoms with Gasteiger partial charge in [0.05, 0.1) is 19.6 Å². The molecule has 0 unspecified atom stereocenters. The van der Waals surface area contributed by atoms with Crippen LogP contribution in [0.25, 0.3) is 32.9 Å². The number of hydrogen-bond acceptors (Lipinski definition) is 8. The number of esters is 1. The molecule has 36 heavy (non-hydrogen) atoms. The molecular formula is C26H24F2N4O4. The third kappa shape index (κ3) is 3.73. The van der Waals surface area contributed by atoms with Crippen LogP contribution in [-0.2, 0) is 16.0 Å². The SMILES string of the molecule is CCc1c(F)ccc2cc(O)cc(-c3ncc4c(N5CCC[C@H]5C(=O)OC)nc(OC)nc4c3F)c12. The highest BCUT2D eigenvalue weighted by Gasteiger charge is 2.34. The smallest absolute Gasteiger partial charge is 0.328 e. The molecule has 186 valence electrons. The zero-order valence-corrected chi connectivity index (χ0v) is 20.0. The van der Waals surface area contributed by atoms with Crippen molar-refractivity contribution in [3.8, 4) is 23.0 Å². The molecule has 4 aromatic rings. The van der Waals surface area contributed by atoms with Crippen LogP contribution < -0.4 is 9.64 Å². The summed E-state index contributed by atoms with van der Waals surface area (Å²) in [5, 5.41) is 11.7. The predicted molar refractivity (Wildman–Crippen MR) is 130 cm³/mol. The fourth-order valence-electron chi connectivity index (χ4n) is 4.95. The van der Waals surface area contributed by atoms with Crippen molar-refractivity contribution in [1.82, 2.24) is 15.0 Å². The summed E-state index contributed by atoms with van der Waals surface area (Å²) < 4.78 is 41.0. The van der Waals surface area contributed by atoms with Crippen LogP contribution in [0.5, 0.6) is 11.8 Å². The summed E-state index contributed by atoms with van der Waals surface area (Å²) in [7, 11) is 2.68. The second-order valence-corrected chi connectivity index (χ2v) is 8.56. The summed E-state index contributed by atoms with van der Waals surface area (Å²) in [5.41, 5.74) is 0.473. The lowest BCUT2D eigenvalue weighted by molar-refractivity contribution is -0.141. The van der Waals surface area contributed by atoms with E-state index in [-0.39, 0.29) is 28.5 Å². The van der Waals surface area contributed by atoms with Gasteiger partial charge in [0.25, 0.3) is 0 Å². The number of hydrogen-bond donors (Lipinski definition) is 1. The molecule has 1 aliphatic rings. The van der Waals surface area contributed by atoms with Crippen LogP contribution in [0.2, 0.25) is 0 Å². The number of halogens is 2. The molecule has 1 saturated heterocycles. The molecule has 1 fully saturated rings. The zero-order chi connectivity index (χ0) is 25.6. The number of phenols is 1. The van der Waals surface area contributed by atoms with E-state index in [9.17, 15) is 14.3 Å². The van der Waals surface area contributed by atoms with Crippen molar-refractivity contribution in [2.45, 2.75) is 32.2 Å². The third-order valence-corrected chi connectivity index (χ3v) is 6.59. The molecule has 0 saturated carbocycles. The number of methoxy groups -OCH3 is 2. The Balaban J connectivity index is 1.78. The van der Waals surface area contributed by atoms with E-state index >= 15 is 4.39 Å². The van der Waals surface area contributed by atoms with E-state index in [1.54, 1.807) is 11.8 Å². The van der Waals surface area contributed by atoms with Crippen LogP contribution in [0.15, 0.2) is 30.5 Å². The normalized spacial score (nSPS) is 15.6. The quantitative estimate of drug-likeness (QED) is 0.404. The summed E-state index contributed by atoms with van der Waals surface area (Å²) >= 11 is 0. The van der Waals surface area contributed by atoms with E-state index in [4.69, 9.17) is 9.47 Å². The van der Waals surface area contributed by atoms with Crippen LogP contribution in [0.1, 0.15) is 25.3 Å². The first kappa shape index (κ1) is 23.7. The van der Waals surface area contributed by atoms with Crippen molar-refractivity contribution < 1.29 is 28.2 Å². The number of carbonyl (C=O) groups is 1. The monoisotopic (exact) mass is 494 g/mol. The van der Waals surface area contributed by atoms with Crippen LogP contribution in [0.3, 0.4) is 0 Å². The number of aromatic hydroxyl groups is 1. The van der Waals surface area contributed by atoms with E-state index < -0.39 is 23.6 Å². The Kier molecular flexibility index (Phi) is 6.03. The Morgan fingerprint density at radius 3 is 2.75 bits per heavy atom. The van der Waals surface area contributed by atoms with Crippen molar-refractivity contribution in [3.05, 3.63) is 47.7 Å². The zero-order valence-electron chi connectivity index (χ0n) is 20.0. The van der Waals surface area contributed by atoms with Gasteiger partial charge in [-0.25, -0.2) is 13.6 Å². The van der Waals surface area contributed by atoms with Gasteiger partial charge in [-0.2, -0.15) is 9.97 Å². The summed E-state index contributed by atoms with van der Waals surface area (Å²) in [4.78, 5) is 27.1. The minimum atomic E-state index is -0.776. The number of rotatable bonds is 5. The summed E-state index contributed by atoms with van der Waals surface area (Å²) in [6, 6.07) is 5.07. The Morgan fingerprint density at radius 1 is 1.22 bits per heavy atom. The third-order valence-electron chi connectivity index (χ3n) is 6.59. The number of ether oxygens (including phenoxy) is 2. The average molecular weight is 494 g/mol. The molecule has 2 aromatic carbocycles. The lowest BCUT2D eigenvalue weighted by Gasteiger charge is -2.25. The summed E-state index contributed by atoms with van der Waals surface area (Å²) in [6.45, 7) is 2.31. The molecule has 2 aromatic heterocycles. The summed E-state index contributed by atoms with van der Waals surface area (Å²) in [6.07, 6.45) is 3.08. The predicted octanol–water partition coefficient (Wildman–Crippen LogP) is 4.54. The number of carbonyl (C=O) groups excluding carboxylic acids is 1. The maximum absolute atomic E-state index is 16.2. The van der Waals surface area contributed by atoms with E-state index in [2.05, 4.69) is 15.0 Å². The lowest BCUT2D eigenvalue weighted by atomic mass is 9.94. The highest BCUT2D eigenvalue weighted by atomic mass is 19.1. The van der Waals surface area contributed by atoms with Crippen molar-refractivity contribution in [2.24, 2.45) is 0 Å². The first-order valence-electron chi connectivity index (χ1n) is 11.6. The first-order valence-corrected chi connectivity index (χ1v) is 11.6. The first-order chi connectivity index (χ1) is 17.4. The van der Waals surface area contributed by atoms with Gasteiger partial charge in [-0.1, -0.05) is 13.0 Å². The Bertz CT molecular complexity index is 1510. The second kappa shape index (κ2) is 9.18. The number of benzene rings is 2. The molecule has 1 aliphatic heterocycles. The van der Waals surface area contributed by atoms with Gasteiger partial charge in [-0.15, -0.1) is 0 Å². The highest BCUT2D eigenvalue weighted by molar-refractivity contribution is 6.02. The molecule has 3 heterocycles. The minimum absolute atomic E-state index is 0.0664. The van der Waals surface area contributed by atoms with Crippen LogP contribution in [0, 0.1) is 11.6 Å². The van der Waals surface area contributed by atoms with Gasteiger partial charge in [0.2, 0.25) is 0 Å². The Hall–Kier alpha value is -4.08. The van der Waals surface area contributed by atoms with Gasteiger partial charge in [-0.3, -0.25) is 4.98 Å². The molecule has 0 spiro atoms. The molecule has 5 rings (SSSR count). The fraction of sp³-hybridized carbons (Fsp3) is 0.308. The summed E-state index contributed by atoms with van der Waals surface area (Å²) in [5.74, 6) is -1.41. The molecule has 10 heteroatoms. The van der Waals surface area contributed by atoms with Gasteiger partial charge >= 0.3 is 12.0 Å². The van der Waals surface area contributed by atoms with Gasteiger partial charge in [0.15, 0.2) is 5.82 Å². The number of anilines is 1. The lowest BCUT2D eigenvalue weighted by Crippen LogP contribution is -2.37. The van der Waals surface area contributed by atoms with Crippen molar-refractivity contribution in [1.29, 1.82) is 0 Å². The molecule has 0 bridgehead atoms. The minimum Gasteiger partial charge on any atom is -0.508 e. The molecule has 0 amide bonds. The molecule has 0 radical (unpaired) electrons. The molecule has 8 nitrogen and oxygen atoms in total. The van der Waals surface area contributed by atoms with Crippen molar-refractivity contribution >= 4 is 33.5 Å². The molecule has 1 atom stereocenters. The number of phenolic OH excluding ortho intramolecular Hbond substituents is 1. The second-order valence-electron chi connectivity index (χ2n) is 8.56. The van der Waals surface area contributed by atoms with Crippen LogP contribution in [-0.4, -0.2) is 52.8 Å². The maximum Gasteiger partial charge on any atom is 0.328 e. The van der Waals surface area contributed by atoms with E-state index in [1.165, 1.54) is 44.7 Å². The molecule has 1 N–H and O–H groups in total. The number of aromatic nitrogens is 3. The Labute approximate surface area is 205 Å². The van der Waals surface area contributed by atoms with Crippen molar-refractivity contribution in [2.75, 3.05) is 25.7 Å². The molecule has 0 aliphatic carbocycles. The van der Waals surface area contributed by atoms with Crippen molar-refractivity contribution in [3.63, 3.8) is 0 Å². The van der Waals surface area contributed by atoms with Crippen LogP contribution in [0.4, 0.5) is 14.6 Å². The topological polar surface area (TPSA) is 97.7 Å². The van der Waals surface area contributed by atoms with E-state index in [1.807, 2.05) is 0 Å². The number of nitrogens with zero attached hydrogens (tertiary/aromatic N) is 4. The van der Waals surface area contributed by atoms with Gasteiger partial charge in [0, 0.05) is 18.3 Å². The number of pyridine rings is 1. The van der Waals surface area contributed by atoms with Gasteiger partial charge < -0.3 is 19.5 Å². The number of aryl methyl sites for hydroxylation is 1. The van der Waals surface area contributed by atoms with E-state index in [0.717, 1.165) is 6.42 Å². The Morgan fingerprint density at radius 2 is 2.03 bits per heavy atom. The maximum atomic E-state index is 16.2. The largest absolute Gasteiger partial charge is 0.508 e. The van der Waals surface area contributed by atoms with E-state index in [0.29, 0.717) is 46.9 Å². The average Bonchev–Trinajstić information content (AvgIpc) is 3.37. The highest BCUT2D eigenvalue weighted by Crippen LogP contribution is 2.39.